The first-order valence-electron chi connectivity index (χ1n) is 6.35. The maximum atomic E-state index is 13.3. The smallest absolute Gasteiger partial charge is 0.273 e. The molecule has 0 aromatic heterocycles. The minimum absolute atomic E-state index is 0.0161. The van der Waals surface area contributed by atoms with Gasteiger partial charge in [-0.3, -0.25) is 14.9 Å². The molecule has 1 amide bonds. The molecule has 108 valence electrons. The van der Waals surface area contributed by atoms with E-state index in [-0.39, 0.29) is 11.6 Å². The van der Waals surface area contributed by atoms with E-state index in [1.807, 2.05) is 0 Å². The molecule has 1 aliphatic carbocycles. The van der Waals surface area contributed by atoms with E-state index in [0.717, 1.165) is 43.9 Å². The number of rotatable bonds is 3. The number of carbonyl (C=O) groups excluding carboxylic acids is 1. The first kappa shape index (κ1) is 14.9. The van der Waals surface area contributed by atoms with Crippen LogP contribution in [0.15, 0.2) is 18.2 Å². The van der Waals surface area contributed by atoms with Crippen LogP contribution in [0.25, 0.3) is 0 Å². The molecule has 20 heavy (non-hydrogen) atoms. The third-order valence-electron chi connectivity index (χ3n) is 3.35. The van der Waals surface area contributed by atoms with E-state index in [4.69, 9.17) is 0 Å². The van der Waals surface area contributed by atoms with Gasteiger partial charge in [0.2, 0.25) is 0 Å². The van der Waals surface area contributed by atoms with Crippen molar-refractivity contribution in [2.75, 3.05) is 0 Å². The molecule has 0 radical (unpaired) electrons. The Morgan fingerprint density at radius 1 is 1.30 bits per heavy atom. The normalized spacial score (nSPS) is 22.3. The van der Waals surface area contributed by atoms with Gasteiger partial charge in [0.25, 0.3) is 11.6 Å². The third-order valence-corrected chi connectivity index (χ3v) is 4.26. The predicted molar refractivity (Wildman–Crippen MR) is 75.5 cm³/mol. The van der Waals surface area contributed by atoms with Crippen LogP contribution in [0.4, 0.5) is 10.1 Å². The highest BCUT2D eigenvalue weighted by atomic mass is 79.9. The highest BCUT2D eigenvalue weighted by Crippen LogP contribution is 2.24. The fourth-order valence-electron chi connectivity index (χ4n) is 2.28. The number of nitrogens with zero attached hydrogens (tertiary/aromatic N) is 1. The zero-order chi connectivity index (χ0) is 14.7. The highest BCUT2D eigenvalue weighted by Gasteiger charge is 2.22. The van der Waals surface area contributed by atoms with Gasteiger partial charge in [0.05, 0.1) is 11.0 Å². The van der Waals surface area contributed by atoms with E-state index < -0.39 is 22.3 Å². The number of hydrogen-bond acceptors (Lipinski definition) is 3. The van der Waals surface area contributed by atoms with Gasteiger partial charge in [0.1, 0.15) is 5.82 Å². The van der Waals surface area contributed by atoms with Crippen LogP contribution in [0.1, 0.15) is 36.0 Å². The van der Waals surface area contributed by atoms with Crippen molar-refractivity contribution in [3.63, 3.8) is 0 Å². The van der Waals surface area contributed by atoms with E-state index in [0.29, 0.717) is 4.83 Å². The van der Waals surface area contributed by atoms with Crippen LogP contribution in [-0.2, 0) is 0 Å². The number of benzene rings is 1. The second-order valence-corrected chi connectivity index (χ2v) is 6.17. The highest BCUT2D eigenvalue weighted by molar-refractivity contribution is 9.09. The van der Waals surface area contributed by atoms with Crippen LogP contribution in [0, 0.1) is 15.9 Å². The monoisotopic (exact) mass is 344 g/mol. The first-order valence-corrected chi connectivity index (χ1v) is 7.27. The molecule has 1 aromatic carbocycles. The van der Waals surface area contributed by atoms with Crippen molar-refractivity contribution in [1.82, 2.24) is 5.32 Å². The van der Waals surface area contributed by atoms with Crippen LogP contribution < -0.4 is 5.32 Å². The van der Waals surface area contributed by atoms with E-state index in [9.17, 15) is 19.3 Å². The number of halogens is 2. The van der Waals surface area contributed by atoms with Crippen LogP contribution in [-0.4, -0.2) is 21.7 Å². The Hall–Kier alpha value is -1.50. The number of alkyl halides is 1. The summed E-state index contributed by atoms with van der Waals surface area (Å²) in [5.74, 6) is -1.25. The Bertz CT molecular complexity index is 530. The minimum atomic E-state index is -0.784. The Morgan fingerprint density at radius 3 is 2.55 bits per heavy atom. The van der Waals surface area contributed by atoms with E-state index in [1.54, 1.807) is 0 Å². The van der Waals surface area contributed by atoms with Crippen LogP contribution in [0.2, 0.25) is 0 Å². The molecular formula is C13H14BrFN2O3. The topological polar surface area (TPSA) is 72.2 Å². The summed E-state index contributed by atoms with van der Waals surface area (Å²) < 4.78 is 13.3. The molecule has 0 saturated heterocycles. The fraction of sp³-hybridized carbons (Fsp3) is 0.462. The van der Waals surface area contributed by atoms with Gasteiger partial charge in [-0.05, 0) is 31.7 Å². The van der Waals surface area contributed by atoms with Gasteiger partial charge in [-0.2, -0.15) is 0 Å². The van der Waals surface area contributed by atoms with Gasteiger partial charge in [-0.15, -0.1) is 0 Å². The quantitative estimate of drug-likeness (QED) is 0.520. The number of carbonyl (C=O) groups is 1. The van der Waals surface area contributed by atoms with E-state index in [2.05, 4.69) is 21.2 Å². The Labute approximate surface area is 123 Å². The molecule has 0 bridgehead atoms. The number of non-ortho nitro benzene ring substituents is 1. The van der Waals surface area contributed by atoms with Gasteiger partial charge in [-0.1, -0.05) is 15.9 Å². The average Bonchev–Trinajstić information content (AvgIpc) is 2.40. The molecule has 1 saturated carbocycles. The largest absolute Gasteiger partial charge is 0.349 e. The molecule has 1 fully saturated rings. The van der Waals surface area contributed by atoms with Crippen molar-refractivity contribution in [2.45, 2.75) is 36.6 Å². The van der Waals surface area contributed by atoms with E-state index in [1.165, 1.54) is 0 Å². The van der Waals surface area contributed by atoms with Crippen LogP contribution in [0.5, 0.6) is 0 Å². The molecule has 0 spiro atoms. The van der Waals surface area contributed by atoms with Gasteiger partial charge in [0.15, 0.2) is 0 Å². The lowest BCUT2D eigenvalue weighted by atomic mass is 9.95. The number of nitro groups is 1. The summed E-state index contributed by atoms with van der Waals surface area (Å²) in [6, 6.07) is 2.94. The SMILES string of the molecule is O=C(NC1CCC(Br)CC1)c1cc(F)cc([N+](=O)[O-])c1. The van der Waals surface area contributed by atoms with Gasteiger partial charge in [-0.25, -0.2) is 4.39 Å². The maximum absolute atomic E-state index is 13.3. The summed E-state index contributed by atoms with van der Waals surface area (Å²) in [5.41, 5.74) is -0.433. The number of nitrogens with one attached hydrogen (secondary N) is 1. The molecule has 5 nitrogen and oxygen atoms in total. The van der Waals surface area contributed by atoms with Gasteiger partial charge < -0.3 is 5.32 Å². The molecule has 1 aliphatic rings. The van der Waals surface area contributed by atoms with E-state index >= 15 is 0 Å². The summed E-state index contributed by atoms with van der Waals surface area (Å²) >= 11 is 3.52. The maximum Gasteiger partial charge on any atom is 0.273 e. The fourth-order valence-corrected chi connectivity index (χ4v) is 2.81. The Morgan fingerprint density at radius 2 is 1.95 bits per heavy atom. The number of amides is 1. The van der Waals surface area contributed by atoms with Crippen molar-refractivity contribution in [1.29, 1.82) is 0 Å². The molecule has 1 aromatic rings. The molecule has 7 heteroatoms. The standard InChI is InChI=1S/C13H14BrFN2O3/c14-9-1-3-11(4-2-9)16-13(18)8-5-10(15)7-12(6-8)17(19)20/h5-7,9,11H,1-4H2,(H,16,18). The molecule has 1 N–H and O–H groups in total. The van der Waals surface area contributed by atoms with Gasteiger partial charge >= 0.3 is 0 Å². The lowest BCUT2D eigenvalue weighted by Gasteiger charge is -2.26. The summed E-state index contributed by atoms with van der Waals surface area (Å²) in [4.78, 5) is 22.4. The van der Waals surface area contributed by atoms with Crippen molar-refractivity contribution in [2.24, 2.45) is 0 Å². The summed E-state index contributed by atoms with van der Waals surface area (Å²) in [7, 11) is 0. The van der Waals surface area contributed by atoms with Gasteiger partial charge in [0, 0.05) is 22.5 Å². The zero-order valence-electron chi connectivity index (χ0n) is 10.6. The summed E-state index contributed by atoms with van der Waals surface area (Å²) in [6.07, 6.45) is 3.63. The molecule has 0 unspecified atom stereocenters. The molecule has 0 heterocycles. The lowest BCUT2D eigenvalue weighted by molar-refractivity contribution is -0.385. The molecule has 0 atom stereocenters. The molecule has 0 aliphatic heterocycles. The van der Waals surface area contributed by atoms with Crippen LogP contribution in [0.3, 0.4) is 0 Å². The summed E-state index contributed by atoms with van der Waals surface area (Å²) in [6.45, 7) is 0. The average molecular weight is 345 g/mol. The van der Waals surface area contributed by atoms with Crippen molar-refractivity contribution in [3.05, 3.63) is 39.7 Å². The second kappa shape index (κ2) is 6.30. The summed E-state index contributed by atoms with van der Waals surface area (Å²) in [5, 5.41) is 13.5. The van der Waals surface area contributed by atoms with Crippen molar-refractivity contribution < 1.29 is 14.1 Å². The first-order chi connectivity index (χ1) is 9.45. The molecule has 2 rings (SSSR count). The predicted octanol–water partition coefficient (Wildman–Crippen LogP) is 3.17. The zero-order valence-corrected chi connectivity index (χ0v) is 12.2. The third kappa shape index (κ3) is 3.75. The molecular weight excluding hydrogens is 331 g/mol. The van der Waals surface area contributed by atoms with Crippen molar-refractivity contribution in [3.8, 4) is 0 Å². The lowest BCUT2D eigenvalue weighted by Crippen LogP contribution is -2.37. The number of nitro benzene ring substituents is 1. The minimum Gasteiger partial charge on any atom is -0.349 e. The second-order valence-electron chi connectivity index (χ2n) is 4.88. The van der Waals surface area contributed by atoms with Crippen LogP contribution >= 0.6 is 15.9 Å². The Kier molecular flexibility index (Phi) is 4.69. The Balaban J connectivity index is 2.07. The van der Waals surface area contributed by atoms with Crippen molar-refractivity contribution >= 4 is 27.5 Å². The number of hydrogen-bond donors (Lipinski definition) is 1.